The summed E-state index contributed by atoms with van der Waals surface area (Å²) in [6.45, 7) is 9.57. The minimum atomic E-state index is 0.198. The summed E-state index contributed by atoms with van der Waals surface area (Å²) < 4.78 is 0. The number of aryl methyl sites for hydroxylation is 1. The molecule has 0 aliphatic carbocycles. The molecule has 2 nitrogen and oxygen atoms in total. The Morgan fingerprint density at radius 1 is 1.43 bits per heavy atom. The Morgan fingerprint density at radius 2 is 2.14 bits per heavy atom. The summed E-state index contributed by atoms with van der Waals surface area (Å²) in [5.41, 5.74) is 2.60. The Morgan fingerprint density at radius 3 is 2.71 bits per heavy atom. The van der Waals surface area contributed by atoms with Gasteiger partial charge in [-0.3, -0.25) is 4.98 Å². The normalized spacial score (nSPS) is 11.7. The lowest BCUT2D eigenvalue weighted by Crippen LogP contribution is -2.38. The van der Waals surface area contributed by atoms with Gasteiger partial charge < -0.3 is 5.32 Å². The molecule has 1 heterocycles. The van der Waals surface area contributed by atoms with Gasteiger partial charge in [-0.2, -0.15) is 0 Å². The molecule has 0 fully saturated rings. The fourth-order valence-electron chi connectivity index (χ4n) is 1.15. The second kappa shape index (κ2) is 4.56. The quantitative estimate of drug-likeness (QED) is 0.793. The van der Waals surface area contributed by atoms with Crippen LogP contribution in [0, 0.1) is 6.92 Å². The first-order valence-electron chi connectivity index (χ1n) is 5.20. The molecule has 0 aromatic carbocycles. The van der Waals surface area contributed by atoms with Crippen molar-refractivity contribution in [3.05, 3.63) is 29.6 Å². The van der Waals surface area contributed by atoms with Crippen LogP contribution in [0.25, 0.3) is 0 Å². The van der Waals surface area contributed by atoms with Gasteiger partial charge >= 0.3 is 0 Å². The fraction of sp³-hybridized carbons (Fsp3) is 0.583. The van der Waals surface area contributed by atoms with Crippen LogP contribution in [0.3, 0.4) is 0 Å². The van der Waals surface area contributed by atoms with Crippen LogP contribution in [0.4, 0.5) is 0 Å². The molecule has 0 spiro atoms. The Hall–Kier alpha value is -0.890. The number of aromatic nitrogens is 1. The van der Waals surface area contributed by atoms with Gasteiger partial charge in [0.2, 0.25) is 0 Å². The smallest absolute Gasteiger partial charge is 0.0570 e. The number of rotatable bonds is 4. The third-order valence-corrected chi connectivity index (χ3v) is 2.74. The van der Waals surface area contributed by atoms with Gasteiger partial charge in [0, 0.05) is 18.3 Å². The molecule has 2 heteroatoms. The zero-order chi connectivity index (χ0) is 10.6. The number of nitrogens with one attached hydrogen (secondary N) is 1. The Bertz CT molecular complexity index is 292. The van der Waals surface area contributed by atoms with Crippen LogP contribution in [-0.2, 0) is 6.54 Å². The van der Waals surface area contributed by atoms with Crippen LogP contribution in [-0.4, -0.2) is 10.5 Å². The molecule has 1 aromatic heterocycles. The number of nitrogens with zero attached hydrogens (tertiary/aromatic N) is 1. The first-order valence-corrected chi connectivity index (χ1v) is 5.20. The van der Waals surface area contributed by atoms with E-state index in [-0.39, 0.29) is 5.54 Å². The lowest BCUT2D eigenvalue weighted by Gasteiger charge is -2.24. The summed E-state index contributed by atoms with van der Waals surface area (Å²) >= 11 is 0. The van der Waals surface area contributed by atoms with Crippen molar-refractivity contribution >= 4 is 0 Å². The molecule has 0 saturated carbocycles. The molecule has 1 aromatic rings. The first kappa shape index (κ1) is 11.2. The van der Waals surface area contributed by atoms with Gasteiger partial charge in [0.05, 0.1) is 5.69 Å². The highest BCUT2D eigenvalue weighted by Crippen LogP contribution is 2.09. The number of hydrogen-bond donors (Lipinski definition) is 1. The van der Waals surface area contributed by atoms with E-state index >= 15 is 0 Å². The molecule has 0 aliphatic rings. The Kier molecular flexibility index (Phi) is 3.64. The third kappa shape index (κ3) is 3.11. The SMILES string of the molecule is CCC(C)(C)NCc1ncccc1C. The summed E-state index contributed by atoms with van der Waals surface area (Å²) in [5.74, 6) is 0. The molecule has 0 saturated heterocycles. The molecular formula is C12H20N2. The topological polar surface area (TPSA) is 24.9 Å². The monoisotopic (exact) mass is 192 g/mol. The Balaban J connectivity index is 2.58. The predicted octanol–water partition coefficient (Wildman–Crippen LogP) is 2.67. The predicted molar refractivity (Wildman–Crippen MR) is 60.2 cm³/mol. The lowest BCUT2D eigenvalue weighted by atomic mass is 10.0. The van der Waals surface area contributed by atoms with Gasteiger partial charge in [0.1, 0.15) is 0 Å². The van der Waals surface area contributed by atoms with Crippen LogP contribution in [0.5, 0.6) is 0 Å². The van der Waals surface area contributed by atoms with E-state index in [1.54, 1.807) is 0 Å². The average molecular weight is 192 g/mol. The van der Waals surface area contributed by atoms with Crippen molar-refractivity contribution in [1.82, 2.24) is 10.3 Å². The van der Waals surface area contributed by atoms with E-state index in [1.807, 2.05) is 12.3 Å². The molecular weight excluding hydrogens is 172 g/mol. The van der Waals surface area contributed by atoms with E-state index < -0.39 is 0 Å². The molecule has 0 atom stereocenters. The maximum Gasteiger partial charge on any atom is 0.0570 e. The second-order valence-electron chi connectivity index (χ2n) is 4.36. The maximum absolute atomic E-state index is 4.35. The molecule has 0 amide bonds. The number of hydrogen-bond acceptors (Lipinski definition) is 2. The highest BCUT2D eigenvalue weighted by Gasteiger charge is 2.13. The van der Waals surface area contributed by atoms with Crippen molar-refractivity contribution in [3.8, 4) is 0 Å². The van der Waals surface area contributed by atoms with E-state index in [0.717, 1.165) is 18.7 Å². The van der Waals surface area contributed by atoms with Crippen molar-refractivity contribution in [1.29, 1.82) is 0 Å². The van der Waals surface area contributed by atoms with Gasteiger partial charge in [-0.25, -0.2) is 0 Å². The van der Waals surface area contributed by atoms with Gasteiger partial charge in [-0.1, -0.05) is 13.0 Å². The van der Waals surface area contributed by atoms with Gasteiger partial charge in [-0.05, 0) is 38.8 Å². The van der Waals surface area contributed by atoms with Gasteiger partial charge in [0.25, 0.3) is 0 Å². The zero-order valence-corrected chi connectivity index (χ0v) is 9.59. The molecule has 0 bridgehead atoms. The van der Waals surface area contributed by atoms with Gasteiger partial charge in [0.15, 0.2) is 0 Å². The van der Waals surface area contributed by atoms with Crippen LogP contribution in [0.1, 0.15) is 38.4 Å². The standard InChI is InChI=1S/C12H20N2/c1-5-12(3,4)14-9-11-10(2)7-6-8-13-11/h6-8,14H,5,9H2,1-4H3. The largest absolute Gasteiger partial charge is 0.306 e. The highest BCUT2D eigenvalue weighted by atomic mass is 15.0. The van der Waals surface area contributed by atoms with Crippen molar-refractivity contribution in [2.45, 2.75) is 46.2 Å². The zero-order valence-electron chi connectivity index (χ0n) is 9.59. The maximum atomic E-state index is 4.35. The summed E-state index contributed by atoms with van der Waals surface area (Å²) in [6.07, 6.45) is 2.97. The molecule has 0 unspecified atom stereocenters. The second-order valence-corrected chi connectivity index (χ2v) is 4.36. The first-order chi connectivity index (χ1) is 6.55. The summed E-state index contributed by atoms with van der Waals surface area (Å²) in [7, 11) is 0. The van der Waals surface area contributed by atoms with Crippen molar-refractivity contribution in [2.24, 2.45) is 0 Å². The minimum absolute atomic E-state index is 0.198. The van der Waals surface area contributed by atoms with Crippen LogP contribution in [0.15, 0.2) is 18.3 Å². The summed E-state index contributed by atoms with van der Waals surface area (Å²) in [6, 6.07) is 4.08. The summed E-state index contributed by atoms with van der Waals surface area (Å²) in [4.78, 5) is 4.35. The molecule has 1 rings (SSSR count). The Labute approximate surface area is 86.8 Å². The average Bonchev–Trinajstić information content (AvgIpc) is 2.17. The summed E-state index contributed by atoms with van der Waals surface area (Å²) in [5, 5.41) is 3.50. The van der Waals surface area contributed by atoms with E-state index in [1.165, 1.54) is 5.56 Å². The fourth-order valence-corrected chi connectivity index (χ4v) is 1.15. The van der Waals surface area contributed by atoms with Crippen LogP contribution < -0.4 is 5.32 Å². The molecule has 78 valence electrons. The van der Waals surface area contributed by atoms with Crippen LogP contribution >= 0.6 is 0 Å². The van der Waals surface area contributed by atoms with E-state index in [4.69, 9.17) is 0 Å². The third-order valence-electron chi connectivity index (χ3n) is 2.74. The van der Waals surface area contributed by atoms with Crippen LogP contribution in [0.2, 0.25) is 0 Å². The number of pyridine rings is 1. The van der Waals surface area contributed by atoms with E-state index in [0.29, 0.717) is 0 Å². The highest BCUT2D eigenvalue weighted by molar-refractivity contribution is 5.17. The van der Waals surface area contributed by atoms with Crippen molar-refractivity contribution in [3.63, 3.8) is 0 Å². The van der Waals surface area contributed by atoms with E-state index in [9.17, 15) is 0 Å². The van der Waals surface area contributed by atoms with Gasteiger partial charge in [-0.15, -0.1) is 0 Å². The lowest BCUT2D eigenvalue weighted by molar-refractivity contribution is 0.372. The van der Waals surface area contributed by atoms with Crippen molar-refractivity contribution < 1.29 is 0 Å². The molecule has 14 heavy (non-hydrogen) atoms. The van der Waals surface area contributed by atoms with Crippen molar-refractivity contribution in [2.75, 3.05) is 0 Å². The molecule has 0 aliphatic heterocycles. The molecule has 0 radical (unpaired) electrons. The molecule has 1 N–H and O–H groups in total. The van der Waals surface area contributed by atoms with E-state index in [2.05, 4.69) is 44.1 Å². The minimum Gasteiger partial charge on any atom is -0.306 e.